The van der Waals surface area contributed by atoms with Crippen molar-refractivity contribution in [1.29, 1.82) is 5.26 Å². The predicted molar refractivity (Wildman–Crippen MR) is 82.8 cm³/mol. The maximum atomic E-state index is 8.72. The Kier molecular flexibility index (Phi) is 5.16. The first-order valence-corrected chi connectivity index (χ1v) is 9.55. The van der Waals surface area contributed by atoms with Crippen molar-refractivity contribution < 1.29 is 4.43 Å². The Balaban J connectivity index is 2.37. The van der Waals surface area contributed by atoms with Crippen molar-refractivity contribution in [2.75, 3.05) is 18.5 Å². The fourth-order valence-electron chi connectivity index (χ4n) is 1.38. The van der Waals surface area contributed by atoms with Crippen molar-refractivity contribution in [3.05, 3.63) is 29.8 Å². The van der Waals surface area contributed by atoms with Gasteiger partial charge in [-0.15, -0.1) is 0 Å². The highest BCUT2D eigenvalue weighted by Gasteiger charge is 2.36. The lowest BCUT2D eigenvalue weighted by atomic mass is 10.2. The Morgan fingerprint density at radius 3 is 2.26 bits per heavy atom. The van der Waals surface area contributed by atoms with Crippen LogP contribution in [0.1, 0.15) is 26.3 Å². The van der Waals surface area contributed by atoms with Crippen molar-refractivity contribution in [1.82, 2.24) is 0 Å². The van der Waals surface area contributed by atoms with Gasteiger partial charge in [0.1, 0.15) is 0 Å². The predicted octanol–water partition coefficient (Wildman–Crippen LogP) is 3.99. The molecule has 0 saturated carbocycles. The molecule has 0 saturated heterocycles. The molecule has 1 aromatic rings. The van der Waals surface area contributed by atoms with Crippen LogP contribution in [0.2, 0.25) is 18.1 Å². The van der Waals surface area contributed by atoms with E-state index < -0.39 is 8.32 Å². The monoisotopic (exact) mass is 276 g/mol. The highest BCUT2D eigenvalue weighted by Crippen LogP contribution is 2.36. The second-order valence-electron chi connectivity index (χ2n) is 6.22. The lowest BCUT2D eigenvalue weighted by Crippen LogP contribution is -2.41. The summed E-state index contributed by atoms with van der Waals surface area (Å²) in [5, 5.41) is 12.3. The fourth-order valence-corrected chi connectivity index (χ4v) is 2.43. The van der Waals surface area contributed by atoms with Crippen LogP contribution in [0.25, 0.3) is 0 Å². The first-order chi connectivity index (χ1) is 8.76. The largest absolute Gasteiger partial charge is 0.415 e. The Hall–Kier alpha value is -1.31. The molecule has 104 valence electrons. The smallest absolute Gasteiger partial charge is 0.192 e. The number of rotatable bonds is 5. The zero-order chi connectivity index (χ0) is 14.5. The van der Waals surface area contributed by atoms with E-state index in [1.54, 1.807) is 0 Å². The van der Waals surface area contributed by atoms with Crippen molar-refractivity contribution in [2.45, 2.75) is 38.9 Å². The van der Waals surface area contributed by atoms with Gasteiger partial charge in [0.15, 0.2) is 8.32 Å². The minimum Gasteiger partial charge on any atom is -0.415 e. The van der Waals surface area contributed by atoms with Gasteiger partial charge in [0.25, 0.3) is 0 Å². The summed E-state index contributed by atoms with van der Waals surface area (Å²) < 4.78 is 6.08. The zero-order valence-electron chi connectivity index (χ0n) is 12.6. The number of hydrogen-bond donors (Lipinski definition) is 1. The van der Waals surface area contributed by atoms with Gasteiger partial charge in [-0.05, 0) is 42.4 Å². The third-order valence-corrected chi connectivity index (χ3v) is 8.25. The number of hydrogen-bond acceptors (Lipinski definition) is 3. The lowest BCUT2D eigenvalue weighted by molar-refractivity contribution is 0.301. The maximum absolute atomic E-state index is 8.72. The van der Waals surface area contributed by atoms with E-state index in [0.29, 0.717) is 5.56 Å². The molecule has 1 N–H and O–H groups in total. The van der Waals surface area contributed by atoms with E-state index >= 15 is 0 Å². The van der Waals surface area contributed by atoms with Gasteiger partial charge in [0, 0.05) is 12.2 Å². The van der Waals surface area contributed by atoms with Gasteiger partial charge < -0.3 is 9.74 Å². The molecule has 0 amide bonds. The molecule has 0 aliphatic rings. The Morgan fingerprint density at radius 2 is 1.79 bits per heavy atom. The van der Waals surface area contributed by atoms with Crippen molar-refractivity contribution in [3.8, 4) is 6.07 Å². The molecular formula is C15H24N2OSi. The average Bonchev–Trinajstić information content (AvgIpc) is 2.34. The second-order valence-corrected chi connectivity index (χ2v) is 11.0. The summed E-state index contributed by atoms with van der Waals surface area (Å²) in [5.74, 6) is 0. The van der Waals surface area contributed by atoms with E-state index in [-0.39, 0.29) is 5.04 Å². The molecule has 0 bridgehead atoms. The first-order valence-electron chi connectivity index (χ1n) is 6.64. The van der Waals surface area contributed by atoms with Gasteiger partial charge in [-0.2, -0.15) is 5.26 Å². The summed E-state index contributed by atoms with van der Waals surface area (Å²) in [6.45, 7) is 12.8. The molecule has 0 fully saturated rings. The van der Waals surface area contributed by atoms with Crippen molar-refractivity contribution in [3.63, 3.8) is 0 Å². The van der Waals surface area contributed by atoms with E-state index in [9.17, 15) is 0 Å². The molecule has 19 heavy (non-hydrogen) atoms. The molecular weight excluding hydrogens is 252 g/mol. The van der Waals surface area contributed by atoms with Gasteiger partial charge in [0.05, 0.1) is 18.2 Å². The van der Waals surface area contributed by atoms with Gasteiger partial charge in [0.2, 0.25) is 0 Å². The summed E-state index contributed by atoms with van der Waals surface area (Å²) in [5.41, 5.74) is 1.71. The van der Waals surface area contributed by atoms with Gasteiger partial charge in [-0.25, -0.2) is 0 Å². The van der Waals surface area contributed by atoms with Crippen molar-refractivity contribution >= 4 is 14.0 Å². The third kappa shape index (κ3) is 4.70. The van der Waals surface area contributed by atoms with E-state index in [1.807, 2.05) is 24.3 Å². The molecule has 0 spiro atoms. The summed E-state index contributed by atoms with van der Waals surface area (Å²) in [6, 6.07) is 9.59. The van der Waals surface area contributed by atoms with Crippen LogP contribution in [-0.4, -0.2) is 21.5 Å². The van der Waals surface area contributed by atoms with Crippen molar-refractivity contribution in [2.24, 2.45) is 0 Å². The number of nitrogens with zero attached hydrogens (tertiary/aromatic N) is 1. The van der Waals surface area contributed by atoms with Gasteiger partial charge in [-0.1, -0.05) is 20.8 Å². The van der Waals surface area contributed by atoms with Crippen LogP contribution in [-0.2, 0) is 4.43 Å². The highest BCUT2D eigenvalue weighted by atomic mass is 28.4. The van der Waals surface area contributed by atoms with E-state index in [0.717, 1.165) is 18.8 Å². The molecule has 1 aromatic carbocycles. The third-order valence-electron chi connectivity index (χ3n) is 3.71. The topological polar surface area (TPSA) is 45.0 Å². The zero-order valence-corrected chi connectivity index (χ0v) is 13.6. The van der Waals surface area contributed by atoms with Crippen LogP contribution >= 0.6 is 0 Å². The van der Waals surface area contributed by atoms with E-state index in [1.165, 1.54) is 0 Å². The minimum absolute atomic E-state index is 0.251. The molecule has 3 nitrogen and oxygen atoms in total. The van der Waals surface area contributed by atoms with Crippen LogP contribution in [0, 0.1) is 11.3 Å². The van der Waals surface area contributed by atoms with Gasteiger partial charge >= 0.3 is 0 Å². The summed E-state index contributed by atoms with van der Waals surface area (Å²) in [7, 11) is -1.64. The SMILES string of the molecule is CC(C)(C)[Si](C)(C)OCCNc1ccc(C#N)cc1. The molecule has 0 aliphatic carbocycles. The normalized spacial score (nSPS) is 12.0. The van der Waals surface area contributed by atoms with Crippen LogP contribution < -0.4 is 5.32 Å². The maximum Gasteiger partial charge on any atom is 0.192 e. The second kappa shape index (κ2) is 6.22. The summed E-state index contributed by atoms with van der Waals surface area (Å²) >= 11 is 0. The molecule has 0 aromatic heterocycles. The molecule has 0 atom stereocenters. The Morgan fingerprint density at radius 1 is 1.21 bits per heavy atom. The van der Waals surface area contributed by atoms with Crippen LogP contribution in [0.15, 0.2) is 24.3 Å². The number of anilines is 1. The fraction of sp³-hybridized carbons (Fsp3) is 0.533. The van der Waals surface area contributed by atoms with Crippen LogP contribution in [0.3, 0.4) is 0 Å². The molecule has 0 radical (unpaired) electrons. The van der Waals surface area contributed by atoms with Crippen LogP contribution in [0.4, 0.5) is 5.69 Å². The number of benzene rings is 1. The van der Waals surface area contributed by atoms with Gasteiger partial charge in [-0.3, -0.25) is 0 Å². The molecule has 4 heteroatoms. The number of nitriles is 1. The van der Waals surface area contributed by atoms with Crippen LogP contribution in [0.5, 0.6) is 0 Å². The molecule has 0 unspecified atom stereocenters. The van der Waals surface area contributed by atoms with E-state index in [4.69, 9.17) is 9.69 Å². The highest BCUT2D eigenvalue weighted by molar-refractivity contribution is 6.74. The summed E-state index contributed by atoms with van der Waals surface area (Å²) in [4.78, 5) is 0. The first kappa shape index (κ1) is 15.7. The quantitative estimate of drug-likeness (QED) is 0.653. The molecule has 0 aliphatic heterocycles. The standard InChI is InChI=1S/C15H24N2OSi/c1-15(2,3)19(4,5)18-11-10-17-14-8-6-13(12-16)7-9-14/h6-9,17H,10-11H2,1-5H3. The Bertz CT molecular complexity index is 441. The lowest BCUT2D eigenvalue weighted by Gasteiger charge is -2.36. The van der Waals surface area contributed by atoms with E-state index in [2.05, 4.69) is 45.3 Å². The summed E-state index contributed by atoms with van der Waals surface area (Å²) in [6.07, 6.45) is 0. The number of nitrogens with one attached hydrogen (secondary N) is 1. The molecule has 1 rings (SSSR count). The Labute approximate surface area is 117 Å². The average molecular weight is 276 g/mol. The minimum atomic E-state index is -1.64. The molecule has 0 heterocycles.